The highest BCUT2D eigenvalue weighted by Crippen LogP contribution is 2.24. The van der Waals surface area contributed by atoms with Gasteiger partial charge in [0.25, 0.3) is 0 Å². The van der Waals surface area contributed by atoms with Crippen molar-refractivity contribution in [1.29, 1.82) is 0 Å². The number of rotatable bonds is 3. The second kappa shape index (κ2) is 5.71. The minimum absolute atomic E-state index is 0.534. The van der Waals surface area contributed by atoms with Crippen molar-refractivity contribution in [3.8, 4) is 28.7 Å². The summed E-state index contributed by atoms with van der Waals surface area (Å²) in [4.78, 5) is 13.4. The van der Waals surface area contributed by atoms with Crippen LogP contribution >= 0.6 is 0 Å². The van der Waals surface area contributed by atoms with Gasteiger partial charge in [-0.25, -0.2) is 9.97 Å². The molecule has 0 N–H and O–H groups in total. The molecule has 0 aliphatic rings. The highest BCUT2D eigenvalue weighted by Gasteiger charge is 2.10. The Kier molecular flexibility index (Phi) is 3.60. The third kappa shape index (κ3) is 2.74. The first-order valence-corrected chi connectivity index (χ1v) is 6.68. The summed E-state index contributed by atoms with van der Waals surface area (Å²) in [6, 6.07) is 15.8. The molecule has 0 saturated heterocycles. The summed E-state index contributed by atoms with van der Waals surface area (Å²) in [5.41, 5.74) is 3.78. The van der Waals surface area contributed by atoms with Crippen molar-refractivity contribution in [2.75, 3.05) is 7.11 Å². The van der Waals surface area contributed by atoms with Gasteiger partial charge in [0.1, 0.15) is 5.69 Å². The Morgan fingerprint density at radius 3 is 2.48 bits per heavy atom. The molecule has 0 radical (unpaired) electrons. The molecule has 0 spiro atoms. The molecule has 2 heterocycles. The summed E-state index contributed by atoms with van der Waals surface area (Å²) in [5, 5.41) is 0. The Balaban J connectivity index is 2.10. The van der Waals surface area contributed by atoms with E-state index in [1.165, 1.54) is 0 Å². The lowest BCUT2D eigenvalue weighted by Gasteiger charge is -2.08. The first-order chi connectivity index (χ1) is 10.3. The first kappa shape index (κ1) is 13.2. The normalized spacial score (nSPS) is 10.4. The highest BCUT2D eigenvalue weighted by atomic mass is 16.5. The number of aryl methyl sites for hydroxylation is 1. The number of hydrogen-bond donors (Lipinski definition) is 0. The zero-order chi connectivity index (χ0) is 14.7. The third-order valence-corrected chi connectivity index (χ3v) is 3.22. The SMILES string of the molecule is COc1ccnc(-c2nc(-c3ccccc3)ccc2C)n1. The van der Waals surface area contributed by atoms with Crippen molar-refractivity contribution in [2.24, 2.45) is 0 Å². The lowest BCUT2D eigenvalue weighted by atomic mass is 10.1. The Labute approximate surface area is 123 Å². The summed E-state index contributed by atoms with van der Waals surface area (Å²) in [7, 11) is 1.59. The summed E-state index contributed by atoms with van der Waals surface area (Å²) in [5.74, 6) is 1.11. The van der Waals surface area contributed by atoms with E-state index < -0.39 is 0 Å². The van der Waals surface area contributed by atoms with Crippen molar-refractivity contribution in [2.45, 2.75) is 6.92 Å². The van der Waals surface area contributed by atoms with Gasteiger partial charge >= 0.3 is 0 Å². The molecule has 0 amide bonds. The molecule has 0 aliphatic heterocycles. The summed E-state index contributed by atoms with van der Waals surface area (Å²) in [6.45, 7) is 2.00. The second-order valence-electron chi connectivity index (χ2n) is 4.65. The molecular formula is C17H15N3O. The van der Waals surface area contributed by atoms with Gasteiger partial charge in [0.05, 0.1) is 12.8 Å². The molecule has 0 saturated carbocycles. The van der Waals surface area contributed by atoms with Crippen LogP contribution < -0.4 is 4.74 Å². The fourth-order valence-electron chi connectivity index (χ4n) is 2.09. The molecule has 4 heteroatoms. The lowest BCUT2D eigenvalue weighted by molar-refractivity contribution is 0.397. The van der Waals surface area contributed by atoms with E-state index in [2.05, 4.69) is 9.97 Å². The van der Waals surface area contributed by atoms with Crippen molar-refractivity contribution < 1.29 is 4.74 Å². The van der Waals surface area contributed by atoms with Gasteiger partial charge in [0, 0.05) is 17.8 Å². The van der Waals surface area contributed by atoms with Crippen LogP contribution in [0, 0.1) is 6.92 Å². The van der Waals surface area contributed by atoms with Gasteiger partial charge in [-0.05, 0) is 18.6 Å². The summed E-state index contributed by atoms with van der Waals surface area (Å²) < 4.78 is 5.15. The number of ether oxygens (including phenoxy) is 1. The molecule has 0 atom stereocenters. The van der Waals surface area contributed by atoms with E-state index >= 15 is 0 Å². The van der Waals surface area contributed by atoms with Crippen molar-refractivity contribution in [1.82, 2.24) is 15.0 Å². The number of nitrogens with zero attached hydrogens (tertiary/aromatic N) is 3. The van der Waals surface area contributed by atoms with Gasteiger partial charge < -0.3 is 4.74 Å². The molecule has 104 valence electrons. The maximum atomic E-state index is 5.15. The zero-order valence-corrected chi connectivity index (χ0v) is 11.9. The van der Waals surface area contributed by atoms with Crippen LogP contribution in [0.5, 0.6) is 5.88 Å². The molecule has 4 nitrogen and oxygen atoms in total. The van der Waals surface area contributed by atoms with Crippen LogP contribution in [0.2, 0.25) is 0 Å². The monoisotopic (exact) mass is 277 g/mol. The van der Waals surface area contributed by atoms with Crippen LogP contribution in [-0.2, 0) is 0 Å². The molecular weight excluding hydrogens is 262 g/mol. The molecule has 0 bridgehead atoms. The Morgan fingerprint density at radius 2 is 1.71 bits per heavy atom. The van der Waals surface area contributed by atoms with Crippen LogP contribution in [0.4, 0.5) is 0 Å². The minimum atomic E-state index is 0.534. The Bertz CT molecular complexity index is 757. The maximum absolute atomic E-state index is 5.15. The lowest BCUT2D eigenvalue weighted by Crippen LogP contribution is -1.98. The van der Waals surface area contributed by atoms with E-state index in [-0.39, 0.29) is 0 Å². The molecule has 3 aromatic rings. The molecule has 0 unspecified atom stereocenters. The number of pyridine rings is 1. The van der Waals surface area contributed by atoms with Gasteiger partial charge in [0.2, 0.25) is 5.88 Å². The predicted molar refractivity (Wildman–Crippen MR) is 82.0 cm³/mol. The zero-order valence-electron chi connectivity index (χ0n) is 11.9. The molecule has 21 heavy (non-hydrogen) atoms. The quantitative estimate of drug-likeness (QED) is 0.735. The predicted octanol–water partition coefficient (Wildman–Crippen LogP) is 3.52. The maximum Gasteiger partial charge on any atom is 0.216 e. The van der Waals surface area contributed by atoms with Crippen molar-refractivity contribution in [3.63, 3.8) is 0 Å². The fourth-order valence-corrected chi connectivity index (χ4v) is 2.09. The molecule has 3 rings (SSSR count). The molecule has 0 fully saturated rings. The van der Waals surface area contributed by atoms with Gasteiger partial charge in [-0.2, -0.15) is 4.98 Å². The third-order valence-electron chi connectivity index (χ3n) is 3.22. The van der Waals surface area contributed by atoms with Crippen LogP contribution in [0.15, 0.2) is 54.7 Å². The van der Waals surface area contributed by atoms with E-state index in [9.17, 15) is 0 Å². The standard InChI is InChI=1S/C17H15N3O/c1-12-8-9-14(13-6-4-3-5-7-13)19-16(12)17-18-11-10-15(20-17)21-2/h3-11H,1-2H3. The van der Waals surface area contributed by atoms with Gasteiger partial charge in [-0.1, -0.05) is 36.4 Å². The first-order valence-electron chi connectivity index (χ1n) is 6.68. The average Bonchev–Trinajstić information content (AvgIpc) is 2.56. The fraction of sp³-hybridized carbons (Fsp3) is 0.118. The van der Waals surface area contributed by atoms with Crippen LogP contribution in [0.3, 0.4) is 0 Å². The van der Waals surface area contributed by atoms with Gasteiger partial charge in [0.15, 0.2) is 5.82 Å². The molecule has 0 aliphatic carbocycles. The average molecular weight is 277 g/mol. The van der Waals surface area contributed by atoms with E-state index in [1.807, 2.05) is 49.4 Å². The second-order valence-corrected chi connectivity index (χ2v) is 4.65. The van der Waals surface area contributed by atoms with E-state index in [0.29, 0.717) is 11.7 Å². The van der Waals surface area contributed by atoms with E-state index in [4.69, 9.17) is 9.72 Å². The molecule has 2 aromatic heterocycles. The van der Waals surface area contributed by atoms with E-state index in [0.717, 1.165) is 22.5 Å². The number of hydrogen-bond acceptors (Lipinski definition) is 4. The summed E-state index contributed by atoms with van der Waals surface area (Å²) >= 11 is 0. The number of benzene rings is 1. The number of methoxy groups -OCH3 is 1. The largest absolute Gasteiger partial charge is 0.481 e. The molecule has 1 aromatic carbocycles. The van der Waals surface area contributed by atoms with Crippen LogP contribution in [0.1, 0.15) is 5.56 Å². The van der Waals surface area contributed by atoms with Crippen molar-refractivity contribution >= 4 is 0 Å². The summed E-state index contributed by atoms with van der Waals surface area (Å²) in [6.07, 6.45) is 1.68. The Morgan fingerprint density at radius 1 is 0.905 bits per heavy atom. The van der Waals surface area contributed by atoms with Crippen LogP contribution in [-0.4, -0.2) is 22.1 Å². The number of aromatic nitrogens is 3. The topological polar surface area (TPSA) is 47.9 Å². The van der Waals surface area contributed by atoms with E-state index in [1.54, 1.807) is 19.4 Å². The highest BCUT2D eigenvalue weighted by molar-refractivity contribution is 5.65. The van der Waals surface area contributed by atoms with Crippen LogP contribution in [0.25, 0.3) is 22.8 Å². The Hall–Kier alpha value is -2.75. The smallest absolute Gasteiger partial charge is 0.216 e. The van der Waals surface area contributed by atoms with Gasteiger partial charge in [-0.3, -0.25) is 0 Å². The minimum Gasteiger partial charge on any atom is -0.481 e. The van der Waals surface area contributed by atoms with Crippen molar-refractivity contribution in [3.05, 3.63) is 60.3 Å². The van der Waals surface area contributed by atoms with Gasteiger partial charge in [-0.15, -0.1) is 0 Å².